The summed E-state index contributed by atoms with van der Waals surface area (Å²) in [5.74, 6) is 0.768. The predicted molar refractivity (Wildman–Crippen MR) is 61.3 cm³/mol. The molecule has 0 aromatic carbocycles. The van der Waals surface area contributed by atoms with Crippen LogP contribution in [0.2, 0.25) is 0 Å². The van der Waals surface area contributed by atoms with Gasteiger partial charge in [-0.15, -0.1) is 0 Å². The molecular weight excluding hydrogens is 174 g/mol. The molecule has 3 heteroatoms. The Hall–Kier alpha value is -0.830. The van der Waals surface area contributed by atoms with Crippen LogP contribution < -0.4 is 0 Å². The lowest BCUT2D eigenvalue weighted by atomic mass is 10.1. The number of nitrogens with zero attached hydrogens (tertiary/aromatic N) is 3. The van der Waals surface area contributed by atoms with E-state index in [2.05, 4.69) is 48.8 Å². The van der Waals surface area contributed by atoms with Crippen LogP contribution in [0.25, 0.3) is 0 Å². The number of hydrogen-bond donors (Lipinski definition) is 0. The minimum atomic E-state index is 0.367. The second-order valence-electron chi connectivity index (χ2n) is 4.35. The van der Waals surface area contributed by atoms with Gasteiger partial charge in [0.1, 0.15) is 6.17 Å². The fourth-order valence-corrected chi connectivity index (χ4v) is 1.53. The highest BCUT2D eigenvalue weighted by molar-refractivity contribution is 5.57. The van der Waals surface area contributed by atoms with Crippen molar-refractivity contribution in [3.8, 4) is 0 Å². The molecule has 1 aliphatic heterocycles. The molecule has 1 rings (SSSR count). The average molecular weight is 195 g/mol. The van der Waals surface area contributed by atoms with Gasteiger partial charge in [0.05, 0.1) is 6.34 Å². The van der Waals surface area contributed by atoms with Crippen molar-refractivity contribution in [2.24, 2.45) is 10.9 Å². The van der Waals surface area contributed by atoms with E-state index < -0.39 is 0 Å². The summed E-state index contributed by atoms with van der Waals surface area (Å²) in [7, 11) is 4.22. The lowest BCUT2D eigenvalue weighted by Gasteiger charge is -2.33. The lowest BCUT2D eigenvalue weighted by molar-refractivity contribution is 0.172. The molecule has 0 saturated carbocycles. The average Bonchev–Trinajstić information content (AvgIpc) is 2.15. The Morgan fingerprint density at radius 3 is 2.79 bits per heavy atom. The highest BCUT2D eigenvalue weighted by atomic mass is 15.3. The van der Waals surface area contributed by atoms with Crippen LogP contribution in [-0.4, -0.2) is 42.9 Å². The third kappa shape index (κ3) is 3.14. The number of rotatable bonds is 4. The first-order valence-electron chi connectivity index (χ1n) is 5.23. The smallest absolute Gasteiger partial charge is 0.103 e. The van der Waals surface area contributed by atoms with Crippen LogP contribution in [-0.2, 0) is 0 Å². The van der Waals surface area contributed by atoms with E-state index in [1.807, 2.05) is 12.5 Å². The summed E-state index contributed by atoms with van der Waals surface area (Å²) < 4.78 is 0. The summed E-state index contributed by atoms with van der Waals surface area (Å²) in [6.45, 7) is 5.65. The summed E-state index contributed by atoms with van der Waals surface area (Å²) in [6.07, 6.45) is 7.48. The normalized spacial score (nSPS) is 21.3. The highest BCUT2D eigenvalue weighted by Crippen LogP contribution is 2.09. The molecular formula is C11H21N3. The molecule has 1 atom stereocenters. The Morgan fingerprint density at radius 2 is 2.21 bits per heavy atom. The van der Waals surface area contributed by atoms with E-state index in [0.29, 0.717) is 6.17 Å². The molecule has 14 heavy (non-hydrogen) atoms. The van der Waals surface area contributed by atoms with Crippen LogP contribution in [0, 0.1) is 5.92 Å². The van der Waals surface area contributed by atoms with Crippen LogP contribution in [0.1, 0.15) is 20.3 Å². The first-order valence-corrected chi connectivity index (χ1v) is 5.23. The Kier molecular flexibility index (Phi) is 4.14. The molecule has 80 valence electrons. The molecule has 1 unspecified atom stereocenters. The third-order valence-electron chi connectivity index (χ3n) is 2.52. The molecule has 0 saturated heterocycles. The van der Waals surface area contributed by atoms with E-state index in [0.717, 1.165) is 12.5 Å². The van der Waals surface area contributed by atoms with Gasteiger partial charge in [-0.2, -0.15) is 0 Å². The van der Waals surface area contributed by atoms with Crippen molar-refractivity contribution >= 4 is 6.34 Å². The van der Waals surface area contributed by atoms with Gasteiger partial charge >= 0.3 is 0 Å². The van der Waals surface area contributed by atoms with E-state index in [9.17, 15) is 0 Å². The maximum atomic E-state index is 4.08. The second-order valence-corrected chi connectivity index (χ2v) is 4.35. The van der Waals surface area contributed by atoms with Gasteiger partial charge in [0.2, 0.25) is 0 Å². The van der Waals surface area contributed by atoms with Crippen molar-refractivity contribution in [2.75, 3.05) is 20.6 Å². The van der Waals surface area contributed by atoms with Crippen LogP contribution >= 0.6 is 0 Å². The number of hydrogen-bond acceptors (Lipinski definition) is 3. The van der Waals surface area contributed by atoms with Crippen molar-refractivity contribution in [1.29, 1.82) is 0 Å². The standard InChI is InChI=1S/C11H21N3/c1-10(2)6-8-13(3)11-5-7-12-9-14(11)4/h5,7,9-11H,6,8H2,1-4H3. The van der Waals surface area contributed by atoms with Gasteiger partial charge < -0.3 is 4.90 Å². The van der Waals surface area contributed by atoms with Gasteiger partial charge in [-0.1, -0.05) is 13.8 Å². The van der Waals surface area contributed by atoms with Gasteiger partial charge in [-0.3, -0.25) is 4.90 Å². The molecule has 0 aliphatic carbocycles. The minimum Gasteiger partial charge on any atom is -0.346 e. The molecule has 0 amide bonds. The van der Waals surface area contributed by atoms with Crippen molar-refractivity contribution in [3.63, 3.8) is 0 Å². The van der Waals surface area contributed by atoms with E-state index in [1.54, 1.807) is 0 Å². The van der Waals surface area contributed by atoms with E-state index in [-0.39, 0.29) is 0 Å². The molecule has 0 spiro atoms. The van der Waals surface area contributed by atoms with Crippen molar-refractivity contribution in [3.05, 3.63) is 12.3 Å². The Labute approximate surface area is 87.1 Å². The number of aliphatic imine (C=N–C) groups is 1. The zero-order valence-corrected chi connectivity index (χ0v) is 9.64. The Bertz CT molecular complexity index is 221. The zero-order chi connectivity index (χ0) is 10.6. The molecule has 0 aromatic heterocycles. The van der Waals surface area contributed by atoms with E-state index in [4.69, 9.17) is 0 Å². The Balaban J connectivity index is 2.40. The first kappa shape index (κ1) is 11.2. The van der Waals surface area contributed by atoms with Gasteiger partial charge in [-0.25, -0.2) is 4.99 Å². The fourth-order valence-electron chi connectivity index (χ4n) is 1.53. The zero-order valence-electron chi connectivity index (χ0n) is 9.64. The van der Waals surface area contributed by atoms with Crippen molar-refractivity contribution in [2.45, 2.75) is 26.4 Å². The quantitative estimate of drug-likeness (QED) is 0.681. The van der Waals surface area contributed by atoms with Crippen molar-refractivity contribution in [1.82, 2.24) is 9.80 Å². The SMILES string of the molecule is CC(C)CCN(C)C1C=CN=CN1C. The monoisotopic (exact) mass is 195 g/mol. The van der Waals surface area contributed by atoms with Crippen LogP contribution in [0.5, 0.6) is 0 Å². The second kappa shape index (κ2) is 5.15. The minimum absolute atomic E-state index is 0.367. The highest BCUT2D eigenvalue weighted by Gasteiger charge is 2.16. The maximum Gasteiger partial charge on any atom is 0.103 e. The molecule has 0 bridgehead atoms. The van der Waals surface area contributed by atoms with Crippen molar-refractivity contribution < 1.29 is 0 Å². The summed E-state index contributed by atoms with van der Waals surface area (Å²) in [5.41, 5.74) is 0. The lowest BCUT2D eigenvalue weighted by Crippen LogP contribution is -2.44. The summed E-state index contributed by atoms with van der Waals surface area (Å²) in [4.78, 5) is 8.55. The summed E-state index contributed by atoms with van der Waals surface area (Å²) in [5, 5.41) is 0. The molecule has 3 nitrogen and oxygen atoms in total. The van der Waals surface area contributed by atoms with Crippen LogP contribution in [0.4, 0.5) is 0 Å². The largest absolute Gasteiger partial charge is 0.346 e. The van der Waals surface area contributed by atoms with Gasteiger partial charge in [0.25, 0.3) is 0 Å². The van der Waals surface area contributed by atoms with Crippen LogP contribution in [0.15, 0.2) is 17.3 Å². The molecule has 0 radical (unpaired) electrons. The Morgan fingerprint density at radius 1 is 1.50 bits per heavy atom. The topological polar surface area (TPSA) is 18.8 Å². The van der Waals surface area contributed by atoms with Gasteiger partial charge in [0, 0.05) is 19.8 Å². The predicted octanol–water partition coefficient (Wildman–Crippen LogP) is 1.78. The van der Waals surface area contributed by atoms with E-state index >= 15 is 0 Å². The first-order chi connectivity index (χ1) is 6.61. The van der Waals surface area contributed by atoms with Crippen LogP contribution in [0.3, 0.4) is 0 Å². The molecule has 1 aliphatic rings. The molecule has 0 N–H and O–H groups in total. The van der Waals surface area contributed by atoms with E-state index in [1.165, 1.54) is 6.42 Å². The third-order valence-corrected chi connectivity index (χ3v) is 2.52. The molecule has 0 fully saturated rings. The molecule has 0 aromatic rings. The number of likely N-dealkylation sites (N-methyl/N-ethyl adjacent to an activating group) is 2. The van der Waals surface area contributed by atoms with Gasteiger partial charge in [0.15, 0.2) is 0 Å². The van der Waals surface area contributed by atoms with Gasteiger partial charge in [-0.05, 0) is 25.5 Å². The molecule has 1 heterocycles. The fraction of sp³-hybridized carbons (Fsp3) is 0.727. The summed E-state index contributed by atoms with van der Waals surface area (Å²) in [6, 6.07) is 0. The maximum absolute atomic E-state index is 4.08. The summed E-state index contributed by atoms with van der Waals surface area (Å²) >= 11 is 0.